The number of hydrogen-bond donors (Lipinski definition) is 3. The van der Waals surface area contributed by atoms with Crippen LogP contribution in [0, 0.1) is 0 Å². The molecule has 1 aliphatic rings. The molecule has 0 fully saturated rings. The van der Waals surface area contributed by atoms with E-state index < -0.39 is 22.0 Å². The molecule has 1 aliphatic heterocycles. The molecule has 0 saturated carbocycles. The third-order valence-electron chi connectivity index (χ3n) is 2.40. The van der Waals surface area contributed by atoms with Gasteiger partial charge in [-0.05, 0) is 11.6 Å². The summed E-state index contributed by atoms with van der Waals surface area (Å²) in [5.41, 5.74) is 2.02. The van der Waals surface area contributed by atoms with Crippen molar-refractivity contribution in [3.8, 4) is 0 Å². The summed E-state index contributed by atoms with van der Waals surface area (Å²) >= 11 is 0. The average molecular weight is 242 g/mol. The van der Waals surface area contributed by atoms with Gasteiger partial charge < -0.3 is 0 Å². The number of benzene rings is 1. The van der Waals surface area contributed by atoms with Gasteiger partial charge in [0.25, 0.3) is 0 Å². The summed E-state index contributed by atoms with van der Waals surface area (Å²) in [5.74, 6) is -0.635. The molecular weight excluding hydrogens is 232 g/mol. The largest absolute Gasteiger partial charge is 0.289 e. The summed E-state index contributed by atoms with van der Waals surface area (Å²) in [6, 6.07) is 5.82. The van der Waals surface area contributed by atoms with Gasteiger partial charge in [0.2, 0.25) is 15.9 Å². The molecule has 0 bridgehead atoms. The van der Waals surface area contributed by atoms with E-state index in [1.54, 1.807) is 18.2 Å². The molecule has 7 heteroatoms. The van der Waals surface area contributed by atoms with Crippen LogP contribution < -0.4 is 10.2 Å². The van der Waals surface area contributed by atoms with Gasteiger partial charge in [0.05, 0.1) is 10.9 Å². The first kappa shape index (κ1) is 11.1. The van der Waals surface area contributed by atoms with E-state index in [0.29, 0.717) is 5.56 Å². The van der Waals surface area contributed by atoms with E-state index in [4.69, 9.17) is 5.21 Å². The maximum absolute atomic E-state index is 11.6. The molecule has 0 spiro atoms. The molecule has 0 aliphatic carbocycles. The number of carbonyl (C=O) groups excluding carboxylic acids is 1. The minimum atomic E-state index is -3.52. The molecule has 2 rings (SSSR count). The quantitative estimate of drug-likeness (QED) is 0.499. The molecule has 1 atom stereocenters. The van der Waals surface area contributed by atoms with E-state index in [-0.39, 0.29) is 11.3 Å². The number of hydroxylamine groups is 1. The SMILES string of the molecule is O=C(CC1NS(=O)(=O)c2ccccc21)NO. The fraction of sp³-hybridized carbons (Fsp3) is 0.222. The molecule has 0 radical (unpaired) electrons. The predicted octanol–water partition coefficient (Wildman–Crippen LogP) is -0.0849. The summed E-state index contributed by atoms with van der Waals surface area (Å²) in [4.78, 5) is 11.2. The highest BCUT2D eigenvalue weighted by molar-refractivity contribution is 7.89. The highest BCUT2D eigenvalue weighted by atomic mass is 32.2. The molecular formula is C9H10N2O4S. The number of fused-ring (bicyclic) bond motifs is 1. The number of amides is 1. The van der Waals surface area contributed by atoms with Crippen molar-refractivity contribution in [3.63, 3.8) is 0 Å². The van der Waals surface area contributed by atoms with Gasteiger partial charge in [0, 0.05) is 6.42 Å². The van der Waals surface area contributed by atoms with Crippen LogP contribution in [-0.2, 0) is 14.8 Å². The maximum Gasteiger partial charge on any atom is 0.245 e. The highest BCUT2D eigenvalue weighted by Crippen LogP contribution is 2.32. The van der Waals surface area contributed by atoms with E-state index in [1.807, 2.05) is 0 Å². The van der Waals surface area contributed by atoms with Crippen LogP contribution >= 0.6 is 0 Å². The van der Waals surface area contributed by atoms with Gasteiger partial charge in [-0.15, -0.1) is 0 Å². The van der Waals surface area contributed by atoms with Crippen molar-refractivity contribution in [1.29, 1.82) is 0 Å². The van der Waals surface area contributed by atoms with Crippen molar-refractivity contribution < 1.29 is 18.4 Å². The van der Waals surface area contributed by atoms with Crippen LogP contribution in [0.4, 0.5) is 0 Å². The first-order valence-electron chi connectivity index (χ1n) is 4.59. The lowest BCUT2D eigenvalue weighted by Gasteiger charge is -2.08. The summed E-state index contributed by atoms with van der Waals surface area (Å²) in [5, 5.41) is 8.40. The number of sulfonamides is 1. The number of rotatable bonds is 2. The Morgan fingerprint density at radius 2 is 2.12 bits per heavy atom. The second-order valence-corrected chi connectivity index (χ2v) is 5.13. The first-order valence-corrected chi connectivity index (χ1v) is 6.07. The third kappa shape index (κ3) is 1.80. The van der Waals surface area contributed by atoms with Crippen molar-refractivity contribution in [1.82, 2.24) is 10.2 Å². The molecule has 1 amide bonds. The van der Waals surface area contributed by atoms with Gasteiger partial charge >= 0.3 is 0 Å². The number of carbonyl (C=O) groups is 1. The van der Waals surface area contributed by atoms with Crippen LogP contribution in [0.3, 0.4) is 0 Å². The second-order valence-electron chi connectivity index (χ2n) is 3.45. The minimum Gasteiger partial charge on any atom is -0.289 e. The van der Waals surface area contributed by atoms with Crippen molar-refractivity contribution in [2.24, 2.45) is 0 Å². The van der Waals surface area contributed by atoms with Crippen LogP contribution in [0.2, 0.25) is 0 Å². The Morgan fingerprint density at radius 1 is 1.44 bits per heavy atom. The smallest absolute Gasteiger partial charge is 0.245 e. The van der Waals surface area contributed by atoms with Gasteiger partial charge in [0.15, 0.2) is 0 Å². The Bertz CT molecular complexity index is 526. The molecule has 1 aromatic carbocycles. The topological polar surface area (TPSA) is 95.5 Å². The minimum absolute atomic E-state index is 0.132. The van der Waals surface area contributed by atoms with Gasteiger partial charge in [-0.1, -0.05) is 18.2 Å². The van der Waals surface area contributed by atoms with Crippen LogP contribution in [0.5, 0.6) is 0 Å². The van der Waals surface area contributed by atoms with Crippen LogP contribution in [0.25, 0.3) is 0 Å². The lowest BCUT2D eigenvalue weighted by atomic mass is 10.0. The molecule has 16 heavy (non-hydrogen) atoms. The summed E-state index contributed by atoms with van der Waals surface area (Å²) in [7, 11) is -3.52. The number of hydrogen-bond acceptors (Lipinski definition) is 4. The van der Waals surface area contributed by atoms with Gasteiger partial charge in [-0.3, -0.25) is 10.0 Å². The lowest BCUT2D eigenvalue weighted by Crippen LogP contribution is -2.27. The molecule has 0 saturated heterocycles. The van der Waals surface area contributed by atoms with E-state index in [0.717, 1.165) is 0 Å². The predicted molar refractivity (Wildman–Crippen MR) is 54.1 cm³/mol. The highest BCUT2D eigenvalue weighted by Gasteiger charge is 2.34. The van der Waals surface area contributed by atoms with E-state index in [1.165, 1.54) is 11.5 Å². The standard InChI is InChI=1S/C9H10N2O4S/c12-9(10-13)5-7-6-3-1-2-4-8(6)16(14,15)11-7/h1-4,7,11,13H,5H2,(H,10,12). The fourth-order valence-corrected chi connectivity index (χ4v) is 3.20. The zero-order valence-electron chi connectivity index (χ0n) is 8.17. The third-order valence-corrected chi connectivity index (χ3v) is 3.94. The Balaban J connectivity index is 2.37. The lowest BCUT2D eigenvalue weighted by molar-refractivity contribution is -0.129. The monoisotopic (exact) mass is 242 g/mol. The molecule has 1 unspecified atom stereocenters. The fourth-order valence-electron chi connectivity index (χ4n) is 1.71. The summed E-state index contributed by atoms with van der Waals surface area (Å²) in [6.07, 6.45) is -0.132. The van der Waals surface area contributed by atoms with E-state index in [2.05, 4.69) is 4.72 Å². The molecule has 1 heterocycles. The second kappa shape index (κ2) is 3.85. The van der Waals surface area contributed by atoms with E-state index in [9.17, 15) is 13.2 Å². The van der Waals surface area contributed by atoms with Gasteiger partial charge in [0.1, 0.15) is 0 Å². The van der Waals surface area contributed by atoms with Crippen LogP contribution in [-0.4, -0.2) is 19.5 Å². The Labute approximate surface area is 92.3 Å². The van der Waals surface area contributed by atoms with E-state index >= 15 is 0 Å². The average Bonchev–Trinajstić information content (AvgIpc) is 2.51. The summed E-state index contributed by atoms with van der Waals surface area (Å²) < 4.78 is 25.6. The Hall–Kier alpha value is -1.44. The maximum atomic E-state index is 11.6. The molecule has 86 valence electrons. The van der Waals surface area contributed by atoms with Crippen LogP contribution in [0.1, 0.15) is 18.0 Å². The van der Waals surface area contributed by atoms with Crippen molar-refractivity contribution in [3.05, 3.63) is 29.8 Å². The molecule has 3 N–H and O–H groups in total. The normalized spacial score (nSPS) is 21.4. The summed E-state index contributed by atoms with van der Waals surface area (Å²) in [6.45, 7) is 0. The zero-order chi connectivity index (χ0) is 11.8. The van der Waals surface area contributed by atoms with Crippen molar-refractivity contribution >= 4 is 15.9 Å². The van der Waals surface area contributed by atoms with Crippen molar-refractivity contribution in [2.75, 3.05) is 0 Å². The Morgan fingerprint density at radius 3 is 2.81 bits per heavy atom. The molecule has 0 aromatic heterocycles. The first-order chi connectivity index (χ1) is 7.54. The van der Waals surface area contributed by atoms with Gasteiger partial charge in [-0.25, -0.2) is 18.6 Å². The number of nitrogens with one attached hydrogen (secondary N) is 2. The molecule has 1 aromatic rings. The zero-order valence-corrected chi connectivity index (χ0v) is 8.99. The van der Waals surface area contributed by atoms with Crippen molar-refractivity contribution in [2.45, 2.75) is 17.4 Å². The van der Waals surface area contributed by atoms with Crippen LogP contribution in [0.15, 0.2) is 29.2 Å². The Kier molecular flexibility index (Phi) is 2.66. The van der Waals surface area contributed by atoms with Gasteiger partial charge in [-0.2, -0.15) is 0 Å². The molecule has 6 nitrogen and oxygen atoms in total.